The van der Waals surface area contributed by atoms with Crippen LogP contribution >= 0.6 is 0 Å². The minimum atomic E-state index is -0.226. The van der Waals surface area contributed by atoms with E-state index in [9.17, 15) is 4.79 Å². The Balaban J connectivity index is 1.78. The second-order valence-corrected chi connectivity index (χ2v) is 6.21. The smallest absolute Gasteiger partial charge is 0.257 e. The molecule has 3 heterocycles. The first-order valence-corrected chi connectivity index (χ1v) is 8.40. The number of aryl methyl sites for hydroxylation is 1. The predicted octanol–water partition coefficient (Wildman–Crippen LogP) is 1.89. The molecule has 1 aliphatic rings. The fourth-order valence-electron chi connectivity index (χ4n) is 3.19. The molecule has 1 unspecified atom stereocenters. The highest BCUT2D eigenvalue weighted by molar-refractivity contribution is 5.96. The van der Waals surface area contributed by atoms with Gasteiger partial charge in [-0.05, 0) is 45.5 Å². The quantitative estimate of drug-likeness (QED) is 0.894. The van der Waals surface area contributed by atoms with E-state index in [0.717, 1.165) is 36.5 Å². The molecule has 1 atom stereocenters. The Morgan fingerprint density at radius 3 is 3.00 bits per heavy atom. The Labute approximate surface area is 147 Å². The Kier molecular flexibility index (Phi) is 5.23. The van der Waals surface area contributed by atoms with Gasteiger partial charge in [-0.1, -0.05) is 0 Å². The molecule has 2 aromatic rings. The highest BCUT2D eigenvalue weighted by Gasteiger charge is 2.26. The molecule has 1 N–H and O–H groups in total. The van der Waals surface area contributed by atoms with Crippen LogP contribution in [0, 0.1) is 6.92 Å². The summed E-state index contributed by atoms with van der Waals surface area (Å²) >= 11 is 0. The SMILES string of the molecule is COc1ncccc1C(=O)NCc1cnc(C)nc1C1CCCN1C. The van der Waals surface area contributed by atoms with Gasteiger partial charge in [-0.25, -0.2) is 15.0 Å². The zero-order chi connectivity index (χ0) is 17.8. The van der Waals surface area contributed by atoms with Crippen LogP contribution in [0.4, 0.5) is 0 Å². The van der Waals surface area contributed by atoms with E-state index in [1.165, 1.54) is 7.11 Å². The van der Waals surface area contributed by atoms with Crippen LogP contribution in [0.3, 0.4) is 0 Å². The van der Waals surface area contributed by atoms with Crippen LogP contribution in [0.25, 0.3) is 0 Å². The molecule has 3 rings (SSSR count). The van der Waals surface area contributed by atoms with Gasteiger partial charge in [0, 0.05) is 24.5 Å². The van der Waals surface area contributed by atoms with Crippen molar-refractivity contribution in [2.24, 2.45) is 0 Å². The minimum absolute atomic E-state index is 0.226. The van der Waals surface area contributed by atoms with E-state index in [1.54, 1.807) is 18.3 Å². The maximum Gasteiger partial charge on any atom is 0.257 e. The van der Waals surface area contributed by atoms with E-state index in [4.69, 9.17) is 4.74 Å². The summed E-state index contributed by atoms with van der Waals surface area (Å²) in [5.41, 5.74) is 2.36. The van der Waals surface area contributed by atoms with Crippen molar-refractivity contribution in [2.45, 2.75) is 32.4 Å². The molecule has 0 aliphatic carbocycles. The molecule has 2 aromatic heterocycles. The van der Waals surface area contributed by atoms with Crippen LogP contribution in [-0.4, -0.2) is 46.5 Å². The van der Waals surface area contributed by atoms with Crippen molar-refractivity contribution in [3.05, 3.63) is 47.2 Å². The maximum atomic E-state index is 12.5. The maximum absolute atomic E-state index is 12.5. The third-order valence-electron chi connectivity index (χ3n) is 4.50. The predicted molar refractivity (Wildman–Crippen MR) is 93.3 cm³/mol. The molecule has 0 bridgehead atoms. The lowest BCUT2D eigenvalue weighted by Gasteiger charge is -2.21. The van der Waals surface area contributed by atoms with E-state index in [2.05, 4.69) is 32.2 Å². The molecule has 0 spiro atoms. The van der Waals surface area contributed by atoms with Crippen LogP contribution in [-0.2, 0) is 6.54 Å². The van der Waals surface area contributed by atoms with Crippen molar-refractivity contribution in [2.75, 3.05) is 20.7 Å². The van der Waals surface area contributed by atoms with Gasteiger partial charge in [0.25, 0.3) is 5.91 Å². The summed E-state index contributed by atoms with van der Waals surface area (Å²) in [6.07, 6.45) is 5.63. The standard InChI is InChI=1S/C18H23N5O2/c1-12-20-10-13(16(22-12)15-7-5-9-23(15)2)11-21-17(24)14-6-4-8-19-18(14)25-3/h4,6,8,10,15H,5,7,9,11H2,1-3H3,(H,21,24). The van der Waals surface area contributed by atoms with E-state index >= 15 is 0 Å². The zero-order valence-electron chi connectivity index (χ0n) is 14.8. The van der Waals surface area contributed by atoms with Gasteiger partial charge < -0.3 is 10.1 Å². The van der Waals surface area contributed by atoms with E-state index < -0.39 is 0 Å². The number of aromatic nitrogens is 3. The number of nitrogens with zero attached hydrogens (tertiary/aromatic N) is 4. The average molecular weight is 341 g/mol. The van der Waals surface area contributed by atoms with E-state index in [1.807, 2.05) is 13.1 Å². The van der Waals surface area contributed by atoms with E-state index in [-0.39, 0.29) is 11.9 Å². The van der Waals surface area contributed by atoms with Crippen molar-refractivity contribution in [1.29, 1.82) is 0 Å². The molecule has 7 nitrogen and oxygen atoms in total. The topological polar surface area (TPSA) is 80.2 Å². The van der Waals surface area contributed by atoms with Crippen molar-refractivity contribution in [3.8, 4) is 5.88 Å². The highest BCUT2D eigenvalue weighted by Crippen LogP contribution is 2.31. The molecule has 0 saturated carbocycles. The molecule has 1 saturated heterocycles. The van der Waals surface area contributed by atoms with E-state index in [0.29, 0.717) is 18.0 Å². The summed E-state index contributed by atoms with van der Waals surface area (Å²) in [5.74, 6) is 0.839. The summed E-state index contributed by atoms with van der Waals surface area (Å²) in [7, 11) is 3.61. The molecule has 25 heavy (non-hydrogen) atoms. The molecule has 132 valence electrons. The van der Waals surface area contributed by atoms with Crippen LogP contribution in [0.2, 0.25) is 0 Å². The number of hydrogen-bond donors (Lipinski definition) is 1. The third-order valence-corrected chi connectivity index (χ3v) is 4.50. The lowest BCUT2D eigenvalue weighted by Crippen LogP contribution is -2.26. The zero-order valence-corrected chi connectivity index (χ0v) is 14.8. The van der Waals surface area contributed by atoms with Gasteiger partial charge in [0.05, 0.1) is 18.8 Å². The van der Waals surface area contributed by atoms with Gasteiger partial charge in [0.2, 0.25) is 5.88 Å². The number of likely N-dealkylation sites (tertiary alicyclic amines) is 1. The van der Waals surface area contributed by atoms with Gasteiger partial charge in [-0.2, -0.15) is 0 Å². The summed E-state index contributed by atoms with van der Waals surface area (Å²) in [5, 5.41) is 2.93. The number of methoxy groups -OCH3 is 1. The number of pyridine rings is 1. The summed E-state index contributed by atoms with van der Waals surface area (Å²) in [6.45, 7) is 3.32. The Morgan fingerprint density at radius 1 is 1.44 bits per heavy atom. The minimum Gasteiger partial charge on any atom is -0.480 e. The Bertz CT molecular complexity index is 765. The van der Waals surface area contributed by atoms with Crippen LogP contribution in [0.1, 0.15) is 46.3 Å². The molecule has 7 heteroatoms. The van der Waals surface area contributed by atoms with Crippen LogP contribution in [0.15, 0.2) is 24.5 Å². The number of carbonyl (C=O) groups is 1. The monoisotopic (exact) mass is 341 g/mol. The lowest BCUT2D eigenvalue weighted by atomic mass is 10.1. The fourth-order valence-corrected chi connectivity index (χ4v) is 3.19. The second kappa shape index (κ2) is 7.57. The number of nitrogens with one attached hydrogen (secondary N) is 1. The molecule has 0 radical (unpaired) electrons. The highest BCUT2D eigenvalue weighted by atomic mass is 16.5. The first kappa shape index (κ1) is 17.3. The molecule has 1 fully saturated rings. The number of rotatable bonds is 5. The van der Waals surface area contributed by atoms with Crippen molar-refractivity contribution in [3.63, 3.8) is 0 Å². The fraction of sp³-hybridized carbons (Fsp3) is 0.444. The molecular formula is C18H23N5O2. The Morgan fingerprint density at radius 2 is 2.28 bits per heavy atom. The average Bonchev–Trinajstić information content (AvgIpc) is 3.06. The van der Waals surface area contributed by atoms with Gasteiger partial charge in [0.15, 0.2) is 0 Å². The largest absolute Gasteiger partial charge is 0.480 e. The first-order chi connectivity index (χ1) is 12.1. The molecule has 1 amide bonds. The van der Waals surface area contributed by atoms with Gasteiger partial charge in [-0.3, -0.25) is 9.69 Å². The third kappa shape index (κ3) is 3.76. The second-order valence-electron chi connectivity index (χ2n) is 6.21. The Hall–Kier alpha value is -2.54. The van der Waals surface area contributed by atoms with Crippen molar-refractivity contribution >= 4 is 5.91 Å². The number of amides is 1. The molecule has 0 aromatic carbocycles. The number of hydrogen-bond acceptors (Lipinski definition) is 6. The summed E-state index contributed by atoms with van der Waals surface area (Å²) in [4.78, 5) is 27.8. The van der Waals surface area contributed by atoms with Gasteiger partial charge in [0.1, 0.15) is 11.4 Å². The first-order valence-electron chi connectivity index (χ1n) is 8.40. The van der Waals surface area contributed by atoms with Gasteiger partial charge >= 0.3 is 0 Å². The number of carbonyl (C=O) groups excluding carboxylic acids is 1. The normalized spacial score (nSPS) is 17.5. The van der Waals surface area contributed by atoms with Crippen molar-refractivity contribution < 1.29 is 9.53 Å². The molecular weight excluding hydrogens is 318 g/mol. The van der Waals surface area contributed by atoms with Crippen molar-refractivity contribution in [1.82, 2.24) is 25.2 Å². The summed E-state index contributed by atoms with van der Waals surface area (Å²) < 4.78 is 5.15. The van der Waals surface area contributed by atoms with Crippen LogP contribution in [0.5, 0.6) is 5.88 Å². The number of ether oxygens (including phenoxy) is 1. The lowest BCUT2D eigenvalue weighted by molar-refractivity contribution is 0.0947. The molecule has 1 aliphatic heterocycles. The summed E-state index contributed by atoms with van der Waals surface area (Å²) in [6, 6.07) is 3.69. The van der Waals surface area contributed by atoms with Crippen LogP contribution < -0.4 is 10.1 Å². The van der Waals surface area contributed by atoms with Gasteiger partial charge in [-0.15, -0.1) is 0 Å².